The lowest BCUT2D eigenvalue weighted by molar-refractivity contribution is -0.697. The number of hydrogen-bond donors (Lipinski definition) is 2. The molecule has 0 aliphatic heterocycles. The van der Waals surface area contributed by atoms with Crippen molar-refractivity contribution in [3.05, 3.63) is 84.7 Å². The Morgan fingerprint density at radius 2 is 1.56 bits per heavy atom. The predicted molar refractivity (Wildman–Crippen MR) is 138 cm³/mol. The third kappa shape index (κ3) is 8.31. The van der Waals surface area contributed by atoms with E-state index < -0.39 is 21.8 Å². The van der Waals surface area contributed by atoms with Gasteiger partial charge in [0.05, 0.1) is 10.5 Å². The van der Waals surface area contributed by atoms with Crippen LogP contribution in [0.4, 0.5) is 5.69 Å². The molecule has 0 fully saturated rings. The van der Waals surface area contributed by atoms with Crippen LogP contribution in [0.15, 0.2) is 88.9 Å². The molecule has 0 unspecified atom stereocenters. The van der Waals surface area contributed by atoms with E-state index in [0.29, 0.717) is 22.6 Å². The van der Waals surface area contributed by atoms with Crippen LogP contribution in [0.3, 0.4) is 0 Å². The molecule has 1 aromatic heterocycles. The van der Waals surface area contributed by atoms with E-state index >= 15 is 0 Å². The third-order valence-corrected chi connectivity index (χ3v) is 7.59. The number of nitrogens with zero attached hydrogens (tertiary/aromatic N) is 1. The molecule has 0 saturated carbocycles. The Morgan fingerprint density at radius 1 is 0.861 bits per heavy atom. The zero-order valence-corrected chi connectivity index (χ0v) is 21.5. The van der Waals surface area contributed by atoms with Crippen LogP contribution in [0.25, 0.3) is 0 Å². The van der Waals surface area contributed by atoms with Gasteiger partial charge in [0.2, 0.25) is 5.91 Å². The van der Waals surface area contributed by atoms with Crippen LogP contribution in [0.2, 0.25) is 0 Å². The van der Waals surface area contributed by atoms with Gasteiger partial charge in [-0.3, -0.25) is 14.4 Å². The van der Waals surface area contributed by atoms with Gasteiger partial charge in [0.1, 0.15) is 6.54 Å². The van der Waals surface area contributed by atoms with Crippen molar-refractivity contribution in [3.63, 3.8) is 0 Å². The SMILES string of the molecule is CC(=O)NS(=O)(=O)c1ccc(NC(=O)c2ccccc2SC(=O)CCCCC[n+]2ccccc2)cc1. The number of sulfonamides is 1. The van der Waals surface area contributed by atoms with E-state index in [-0.39, 0.29) is 10.0 Å². The zero-order valence-electron chi connectivity index (χ0n) is 19.8. The second kappa shape index (κ2) is 13.0. The van der Waals surface area contributed by atoms with Gasteiger partial charge in [-0.05, 0) is 49.2 Å². The molecule has 0 bridgehead atoms. The summed E-state index contributed by atoms with van der Waals surface area (Å²) >= 11 is 1.05. The molecule has 1 heterocycles. The maximum atomic E-state index is 12.9. The first-order valence-electron chi connectivity index (χ1n) is 11.4. The van der Waals surface area contributed by atoms with Crippen LogP contribution < -0.4 is 14.6 Å². The van der Waals surface area contributed by atoms with Crippen molar-refractivity contribution >= 4 is 44.4 Å². The lowest BCUT2D eigenvalue weighted by atomic mass is 10.2. The largest absolute Gasteiger partial charge is 0.322 e. The van der Waals surface area contributed by atoms with E-state index in [4.69, 9.17) is 0 Å². The Kier molecular flexibility index (Phi) is 9.77. The standard InChI is InChI=1S/C26H27N3O5S2/c1-20(30)28-36(33,34)22-15-13-21(14-16-22)27-26(32)23-10-5-6-11-24(23)35-25(31)12-4-2-7-17-29-18-8-3-9-19-29/h3,5-6,8-11,13-16,18-19H,2,4,7,12,17H2,1H3,(H-,27,28,30,32)/p+1. The summed E-state index contributed by atoms with van der Waals surface area (Å²) in [5, 5.41) is 2.71. The van der Waals surface area contributed by atoms with Crippen molar-refractivity contribution in [2.24, 2.45) is 0 Å². The molecule has 8 nitrogen and oxygen atoms in total. The number of carbonyl (C=O) groups excluding carboxylic acids is 3. The number of pyridine rings is 1. The summed E-state index contributed by atoms with van der Waals surface area (Å²) in [5.74, 6) is -1.11. The molecule has 2 amide bonds. The number of amides is 2. The Bertz CT molecular complexity index is 1310. The molecule has 10 heteroatoms. The molecule has 0 atom stereocenters. The van der Waals surface area contributed by atoms with Crippen LogP contribution in [0.1, 0.15) is 43.0 Å². The smallest absolute Gasteiger partial charge is 0.264 e. The fourth-order valence-electron chi connectivity index (χ4n) is 3.40. The van der Waals surface area contributed by atoms with Crippen molar-refractivity contribution in [3.8, 4) is 0 Å². The number of nitrogens with one attached hydrogen (secondary N) is 2. The fourth-order valence-corrected chi connectivity index (χ4v) is 5.30. The van der Waals surface area contributed by atoms with E-state index in [1.807, 2.05) is 35.3 Å². The number of carbonyl (C=O) groups is 3. The number of unbranched alkanes of at least 4 members (excludes halogenated alkanes) is 2. The number of benzene rings is 2. The number of rotatable bonds is 11. The first-order chi connectivity index (χ1) is 17.2. The van der Waals surface area contributed by atoms with Crippen LogP contribution in [0.5, 0.6) is 0 Å². The van der Waals surface area contributed by atoms with Crippen LogP contribution in [-0.2, 0) is 26.2 Å². The van der Waals surface area contributed by atoms with E-state index in [9.17, 15) is 22.8 Å². The van der Waals surface area contributed by atoms with Gasteiger partial charge < -0.3 is 5.32 Å². The number of thioether (sulfide) groups is 1. The van der Waals surface area contributed by atoms with Crippen LogP contribution in [0, 0.1) is 0 Å². The molecule has 3 rings (SSSR count). The van der Waals surface area contributed by atoms with Crippen molar-refractivity contribution < 1.29 is 27.4 Å². The monoisotopic (exact) mass is 526 g/mol. The molecular weight excluding hydrogens is 498 g/mol. The van der Waals surface area contributed by atoms with Gasteiger partial charge in [-0.25, -0.2) is 17.7 Å². The molecule has 0 aliphatic carbocycles. The maximum absolute atomic E-state index is 12.9. The first kappa shape index (κ1) is 27.1. The van der Waals surface area contributed by atoms with Gasteiger partial charge >= 0.3 is 0 Å². The molecule has 36 heavy (non-hydrogen) atoms. The maximum Gasteiger partial charge on any atom is 0.264 e. The molecule has 0 aliphatic rings. The first-order valence-corrected chi connectivity index (χ1v) is 13.7. The second-order valence-corrected chi connectivity index (χ2v) is 10.8. The normalized spacial score (nSPS) is 11.0. The molecule has 0 radical (unpaired) electrons. The molecule has 188 valence electrons. The predicted octanol–water partition coefficient (Wildman–Crippen LogP) is 3.93. The van der Waals surface area contributed by atoms with Gasteiger partial charge in [0, 0.05) is 42.5 Å². The minimum Gasteiger partial charge on any atom is -0.322 e. The van der Waals surface area contributed by atoms with E-state index in [1.54, 1.807) is 24.3 Å². The lowest BCUT2D eigenvalue weighted by Crippen LogP contribution is -2.32. The number of aryl methyl sites for hydroxylation is 1. The highest BCUT2D eigenvalue weighted by Gasteiger charge is 2.17. The van der Waals surface area contributed by atoms with Gasteiger partial charge in [-0.2, -0.15) is 0 Å². The third-order valence-electron chi connectivity index (χ3n) is 5.13. The van der Waals surface area contributed by atoms with Crippen LogP contribution in [-0.4, -0.2) is 25.3 Å². The molecule has 2 aromatic carbocycles. The molecule has 3 aromatic rings. The average Bonchev–Trinajstić information content (AvgIpc) is 2.84. The summed E-state index contributed by atoms with van der Waals surface area (Å²) in [4.78, 5) is 36.9. The average molecular weight is 527 g/mol. The fraction of sp³-hybridized carbons (Fsp3) is 0.231. The quantitative estimate of drug-likeness (QED) is 0.222. The minimum absolute atomic E-state index is 0.00450. The highest BCUT2D eigenvalue weighted by Crippen LogP contribution is 2.26. The summed E-state index contributed by atoms with van der Waals surface area (Å²) in [6.45, 7) is 2.02. The Balaban J connectivity index is 1.53. The Hall–Kier alpha value is -3.50. The van der Waals surface area contributed by atoms with Crippen molar-refractivity contribution in [1.82, 2.24) is 4.72 Å². The summed E-state index contributed by atoms with van der Waals surface area (Å²) in [6.07, 6.45) is 7.16. The van der Waals surface area contributed by atoms with Gasteiger partial charge in [0.25, 0.3) is 15.9 Å². The summed E-state index contributed by atoms with van der Waals surface area (Å²) in [6, 6.07) is 18.3. The van der Waals surface area contributed by atoms with Crippen molar-refractivity contribution in [2.45, 2.75) is 48.9 Å². The number of anilines is 1. The zero-order chi connectivity index (χ0) is 26.0. The number of aromatic nitrogens is 1. The second-order valence-electron chi connectivity index (χ2n) is 8.03. The summed E-state index contributed by atoms with van der Waals surface area (Å²) in [5.41, 5.74) is 0.732. The molecule has 0 spiro atoms. The summed E-state index contributed by atoms with van der Waals surface area (Å²) in [7, 11) is -3.96. The minimum atomic E-state index is -3.96. The van der Waals surface area contributed by atoms with Crippen molar-refractivity contribution in [2.75, 3.05) is 5.32 Å². The van der Waals surface area contributed by atoms with Gasteiger partial charge in [-0.1, -0.05) is 30.0 Å². The van der Waals surface area contributed by atoms with Gasteiger partial charge in [0.15, 0.2) is 17.5 Å². The van der Waals surface area contributed by atoms with Crippen molar-refractivity contribution in [1.29, 1.82) is 0 Å². The topological polar surface area (TPSA) is 113 Å². The molecule has 0 saturated heterocycles. The summed E-state index contributed by atoms with van der Waals surface area (Å²) < 4.78 is 28.1. The molecular formula is C26H28N3O5S2+. The van der Waals surface area contributed by atoms with Crippen LogP contribution >= 0.6 is 11.8 Å². The number of hydrogen-bond acceptors (Lipinski definition) is 6. The van der Waals surface area contributed by atoms with E-state index in [0.717, 1.165) is 44.5 Å². The Morgan fingerprint density at radius 3 is 2.25 bits per heavy atom. The van der Waals surface area contributed by atoms with E-state index in [2.05, 4.69) is 9.88 Å². The Labute approximate surface area is 215 Å². The van der Waals surface area contributed by atoms with Gasteiger partial charge in [-0.15, -0.1) is 0 Å². The van der Waals surface area contributed by atoms with E-state index in [1.165, 1.54) is 24.3 Å². The lowest BCUT2D eigenvalue weighted by Gasteiger charge is -2.10. The highest BCUT2D eigenvalue weighted by atomic mass is 32.2. The molecule has 2 N–H and O–H groups in total. The highest BCUT2D eigenvalue weighted by molar-refractivity contribution is 8.13.